The molecule has 0 radical (unpaired) electrons. The third-order valence-corrected chi connectivity index (χ3v) is 5.05. The fraction of sp³-hybridized carbons (Fsp3) is 0.286. The van der Waals surface area contributed by atoms with Gasteiger partial charge in [-0.25, -0.2) is 0 Å². The number of para-hydroxylation sites is 1. The van der Waals surface area contributed by atoms with Crippen LogP contribution in [-0.4, -0.2) is 53.5 Å². The highest BCUT2D eigenvalue weighted by molar-refractivity contribution is 6.08. The van der Waals surface area contributed by atoms with Gasteiger partial charge in [-0.1, -0.05) is 25.1 Å². The summed E-state index contributed by atoms with van der Waals surface area (Å²) in [5.41, 5.74) is 3.04. The van der Waals surface area contributed by atoms with Crippen LogP contribution in [0.15, 0.2) is 55.0 Å². The van der Waals surface area contributed by atoms with E-state index in [1.165, 1.54) is 0 Å². The number of hydrogen-bond donors (Lipinski definition) is 1. The predicted molar refractivity (Wildman–Crippen MR) is 108 cm³/mol. The van der Waals surface area contributed by atoms with Crippen molar-refractivity contribution in [1.82, 2.24) is 14.9 Å². The Hall–Kier alpha value is -2.99. The van der Waals surface area contributed by atoms with Gasteiger partial charge < -0.3 is 15.1 Å². The van der Waals surface area contributed by atoms with E-state index in [4.69, 9.17) is 0 Å². The number of aromatic nitrogens is 2. The molecule has 6 heteroatoms. The molecule has 6 nitrogen and oxygen atoms in total. The third-order valence-electron chi connectivity index (χ3n) is 5.05. The lowest BCUT2D eigenvalue weighted by Gasteiger charge is -2.35. The minimum absolute atomic E-state index is 0.172. The number of amides is 1. The molecule has 0 spiro atoms. The second kappa shape index (κ2) is 7.72. The Morgan fingerprint density at radius 3 is 2.74 bits per heavy atom. The van der Waals surface area contributed by atoms with E-state index >= 15 is 0 Å². The molecule has 0 unspecified atom stereocenters. The molecule has 138 valence electrons. The zero-order valence-corrected chi connectivity index (χ0v) is 15.4. The molecule has 1 N–H and O–H groups in total. The van der Waals surface area contributed by atoms with Crippen LogP contribution in [0.2, 0.25) is 0 Å². The van der Waals surface area contributed by atoms with Gasteiger partial charge in [0.2, 0.25) is 0 Å². The SMILES string of the molecule is CCN1CCN(c2cncc(C(=O)Nc3cccc4cccnc34)c2)CC1. The third kappa shape index (κ3) is 3.75. The van der Waals surface area contributed by atoms with Gasteiger partial charge in [-0.2, -0.15) is 0 Å². The highest BCUT2D eigenvalue weighted by Crippen LogP contribution is 2.22. The van der Waals surface area contributed by atoms with Gasteiger partial charge in [-0.15, -0.1) is 0 Å². The minimum Gasteiger partial charge on any atom is -0.368 e. The molecule has 2 aromatic heterocycles. The zero-order valence-electron chi connectivity index (χ0n) is 15.4. The van der Waals surface area contributed by atoms with E-state index in [9.17, 15) is 4.79 Å². The molecule has 0 atom stereocenters. The average Bonchev–Trinajstić information content (AvgIpc) is 2.74. The maximum Gasteiger partial charge on any atom is 0.257 e. The minimum atomic E-state index is -0.172. The Morgan fingerprint density at radius 2 is 1.93 bits per heavy atom. The summed E-state index contributed by atoms with van der Waals surface area (Å²) in [7, 11) is 0. The number of anilines is 2. The molecule has 1 aromatic carbocycles. The lowest BCUT2D eigenvalue weighted by atomic mass is 10.1. The van der Waals surface area contributed by atoms with Crippen LogP contribution in [-0.2, 0) is 0 Å². The predicted octanol–water partition coefficient (Wildman–Crippen LogP) is 3.02. The van der Waals surface area contributed by atoms with Gasteiger partial charge in [0.1, 0.15) is 0 Å². The van der Waals surface area contributed by atoms with Crippen molar-refractivity contribution in [3.63, 3.8) is 0 Å². The van der Waals surface area contributed by atoms with E-state index < -0.39 is 0 Å². The number of rotatable bonds is 4. The zero-order chi connectivity index (χ0) is 18.6. The fourth-order valence-corrected chi connectivity index (χ4v) is 3.45. The van der Waals surface area contributed by atoms with Gasteiger partial charge in [0, 0.05) is 44.0 Å². The van der Waals surface area contributed by atoms with Crippen LogP contribution in [0.4, 0.5) is 11.4 Å². The van der Waals surface area contributed by atoms with Crippen molar-refractivity contribution in [3.05, 3.63) is 60.6 Å². The van der Waals surface area contributed by atoms with Gasteiger partial charge in [0.15, 0.2) is 0 Å². The van der Waals surface area contributed by atoms with Crippen LogP contribution < -0.4 is 10.2 Å². The smallest absolute Gasteiger partial charge is 0.257 e. The number of carbonyl (C=O) groups is 1. The maximum absolute atomic E-state index is 12.8. The van der Waals surface area contributed by atoms with Gasteiger partial charge in [0.25, 0.3) is 5.91 Å². The van der Waals surface area contributed by atoms with Crippen LogP contribution >= 0.6 is 0 Å². The number of carbonyl (C=O) groups excluding carboxylic acids is 1. The van der Waals surface area contributed by atoms with Crippen molar-refractivity contribution < 1.29 is 4.79 Å². The standard InChI is InChI=1S/C21H23N5O/c1-2-25-9-11-26(12-10-25)18-13-17(14-22-15-18)21(27)24-19-7-3-5-16-6-4-8-23-20(16)19/h3-8,13-15H,2,9-12H2,1H3,(H,24,27). The number of nitrogens with one attached hydrogen (secondary N) is 1. The van der Waals surface area contributed by atoms with E-state index in [2.05, 4.69) is 32.0 Å². The van der Waals surface area contributed by atoms with Crippen molar-refractivity contribution in [2.24, 2.45) is 0 Å². The summed E-state index contributed by atoms with van der Waals surface area (Å²) in [5.74, 6) is -0.172. The fourth-order valence-electron chi connectivity index (χ4n) is 3.45. The summed E-state index contributed by atoms with van der Waals surface area (Å²) in [6.07, 6.45) is 5.17. The number of likely N-dealkylation sites (N-methyl/N-ethyl adjacent to an activating group) is 1. The van der Waals surface area contributed by atoms with E-state index in [1.807, 2.05) is 42.6 Å². The molecule has 27 heavy (non-hydrogen) atoms. The van der Waals surface area contributed by atoms with Crippen molar-refractivity contribution in [3.8, 4) is 0 Å². The molecule has 0 saturated carbocycles. The van der Waals surface area contributed by atoms with Crippen LogP contribution in [0.5, 0.6) is 0 Å². The molecule has 1 aliphatic heterocycles. The topological polar surface area (TPSA) is 61.4 Å². The molecule has 0 bridgehead atoms. The molecular formula is C21H23N5O. The van der Waals surface area contributed by atoms with E-state index in [1.54, 1.807) is 12.4 Å². The van der Waals surface area contributed by atoms with E-state index in [0.29, 0.717) is 11.3 Å². The van der Waals surface area contributed by atoms with Gasteiger partial charge in [-0.3, -0.25) is 14.8 Å². The Kier molecular flexibility index (Phi) is 4.98. The van der Waals surface area contributed by atoms with Crippen molar-refractivity contribution in [2.75, 3.05) is 42.9 Å². The summed E-state index contributed by atoms with van der Waals surface area (Å²) in [5, 5.41) is 3.98. The molecule has 3 aromatic rings. The molecular weight excluding hydrogens is 338 g/mol. The summed E-state index contributed by atoms with van der Waals surface area (Å²) in [6.45, 7) is 7.24. The molecule has 1 amide bonds. The van der Waals surface area contributed by atoms with Gasteiger partial charge in [-0.05, 0) is 24.7 Å². The number of nitrogens with zero attached hydrogens (tertiary/aromatic N) is 4. The van der Waals surface area contributed by atoms with Crippen LogP contribution in [0, 0.1) is 0 Å². The van der Waals surface area contributed by atoms with Crippen molar-refractivity contribution in [2.45, 2.75) is 6.92 Å². The Morgan fingerprint density at radius 1 is 1.11 bits per heavy atom. The normalized spacial score (nSPS) is 15.1. The second-order valence-electron chi connectivity index (χ2n) is 6.69. The lowest BCUT2D eigenvalue weighted by molar-refractivity contribution is 0.102. The Balaban J connectivity index is 1.52. The summed E-state index contributed by atoms with van der Waals surface area (Å²) in [4.78, 5) is 26.2. The number of fused-ring (bicyclic) bond motifs is 1. The molecule has 3 heterocycles. The molecule has 1 saturated heterocycles. The first kappa shape index (κ1) is 17.4. The Bertz CT molecular complexity index is 945. The molecule has 1 fully saturated rings. The number of benzene rings is 1. The largest absolute Gasteiger partial charge is 0.368 e. The number of piperazine rings is 1. The molecule has 1 aliphatic rings. The quantitative estimate of drug-likeness (QED) is 0.774. The number of hydrogen-bond acceptors (Lipinski definition) is 5. The van der Waals surface area contributed by atoms with Crippen molar-refractivity contribution in [1.29, 1.82) is 0 Å². The first-order valence-electron chi connectivity index (χ1n) is 9.32. The Labute approximate surface area is 158 Å². The average molecular weight is 361 g/mol. The highest BCUT2D eigenvalue weighted by Gasteiger charge is 2.17. The second-order valence-corrected chi connectivity index (χ2v) is 6.69. The number of pyridine rings is 2. The van der Waals surface area contributed by atoms with E-state index in [0.717, 1.165) is 49.3 Å². The first-order valence-corrected chi connectivity index (χ1v) is 9.32. The first-order chi connectivity index (χ1) is 13.2. The maximum atomic E-state index is 12.8. The lowest BCUT2D eigenvalue weighted by Crippen LogP contribution is -2.46. The van der Waals surface area contributed by atoms with Crippen LogP contribution in [0.25, 0.3) is 10.9 Å². The van der Waals surface area contributed by atoms with Gasteiger partial charge >= 0.3 is 0 Å². The van der Waals surface area contributed by atoms with E-state index in [-0.39, 0.29) is 5.91 Å². The van der Waals surface area contributed by atoms with Crippen LogP contribution in [0.1, 0.15) is 17.3 Å². The summed E-state index contributed by atoms with van der Waals surface area (Å²) >= 11 is 0. The summed E-state index contributed by atoms with van der Waals surface area (Å²) in [6, 6.07) is 11.6. The van der Waals surface area contributed by atoms with Crippen LogP contribution in [0.3, 0.4) is 0 Å². The monoisotopic (exact) mass is 361 g/mol. The van der Waals surface area contributed by atoms with Crippen molar-refractivity contribution >= 4 is 28.2 Å². The molecule has 0 aliphatic carbocycles. The molecule has 4 rings (SSSR count). The summed E-state index contributed by atoms with van der Waals surface area (Å²) < 4.78 is 0. The highest BCUT2D eigenvalue weighted by atomic mass is 16.1. The van der Waals surface area contributed by atoms with Gasteiger partial charge in [0.05, 0.1) is 28.7 Å².